The molecule has 7 rings (SSSR count). The molecule has 0 spiro atoms. The summed E-state index contributed by atoms with van der Waals surface area (Å²) in [5.41, 5.74) is -4.21. The van der Waals surface area contributed by atoms with Crippen molar-refractivity contribution in [2.24, 2.45) is 0 Å². The summed E-state index contributed by atoms with van der Waals surface area (Å²) in [5.74, 6) is -8.12. The molecule has 1 aliphatic carbocycles. The first-order valence-corrected chi connectivity index (χ1v) is 26.1. The number of hydrogen-bond acceptors (Lipinski definition) is 12. The van der Waals surface area contributed by atoms with Crippen LogP contribution in [0.4, 0.5) is 21.0 Å². The number of benzene rings is 6. The molecule has 2 unspecified atom stereocenters. The van der Waals surface area contributed by atoms with Crippen molar-refractivity contribution in [2.45, 2.75) is 101 Å². The molecule has 6 aromatic rings. The van der Waals surface area contributed by atoms with Gasteiger partial charge in [-0.3, -0.25) is 20.2 Å². The first-order chi connectivity index (χ1) is 38.1. The van der Waals surface area contributed by atoms with Gasteiger partial charge < -0.3 is 49.3 Å². The van der Waals surface area contributed by atoms with E-state index >= 15 is 0 Å². The fourth-order valence-corrected chi connectivity index (χ4v) is 9.84. The van der Waals surface area contributed by atoms with E-state index in [2.05, 4.69) is 21.3 Å². The minimum absolute atomic E-state index is 0.0276. The number of aryl methyl sites for hydroxylation is 2. The number of rotatable bonds is 22. The minimum atomic E-state index is -2.61. The Kier molecular flexibility index (Phi) is 18.4. The van der Waals surface area contributed by atoms with Crippen LogP contribution in [0.2, 0.25) is 0 Å². The van der Waals surface area contributed by atoms with Gasteiger partial charge in [-0.1, -0.05) is 72.8 Å². The van der Waals surface area contributed by atoms with Gasteiger partial charge >= 0.3 is 24.1 Å². The lowest BCUT2D eigenvalue weighted by Gasteiger charge is -2.64. The van der Waals surface area contributed by atoms with Crippen LogP contribution < -0.4 is 40.2 Å². The molecule has 0 bridgehead atoms. The second-order valence-corrected chi connectivity index (χ2v) is 21.2. The minimum Gasteiger partial charge on any atom is -0.493 e. The van der Waals surface area contributed by atoms with E-state index in [0.29, 0.717) is 25.7 Å². The van der Waals surface area contributed by atoms with Crippen LogP contribution in [-0.4, -0.2) is 95.9 Å². The number of carboxylic acid groups (broad SMARTS) is 2. The molecule has 0 aromatic heterocycles. The van der Waals surface area contributed by atoms with Crippen LogP contribution in [0.1, 0.15) is 109 Å². The van der Waals surface area contributed by atoms with Crippen LogP contribution in [0.5, 0.6) is 23.0 Å². The first-order valence-electron chi connectivity index (χ1n) is 26.1. The molecular weight excluding hydrogens is 1020 g/mol. The molecule has 0 aliphatic heterocycles. The van der Waals surface area contributed by atoms with E-state index in [1.165, 1.54) is 99.1 Å². The molecule has 6 N–H and O–H groups in total. The molecule has 0 saturated heterocycles. The van der Waals surface area contributed by atoms with Crippen molar-refractivity contribution in [2.75, 3.05) is 38.1 Å². The van der Waals surface area contributed by atoms with Crippen molar-refractivity contribution in [3.05, 3.63) is 179 Å². The number of ether oxygens (including phenoxy) is 6. The lowest BCUT2D eigenvalue weighted by molar-refractivity contribution is -0.171. The lowest BCUT2D eigenvalue weighted by atomic mass is 9.43. The maximum Gasteiger partial charge on any atom is 0.412 e. The average Bonchev–Trinajstić information content (AvgIpc) is 3.44. The van der Waals surface area contributed by atoms with E-state index in [-0.39, 0.29) is 69.8 Å². The van der Waals surface area contributed by atoms with Crippen LogP contribution in [0, 0.1) is 0 Å². The maximum absolute atomic E-state index is 14.9. The Bertz CT molecular complexity index is 3040. The van der Waals surface area contributed by atoms with Crippen molar-refractivity contribution in [3.63, 3.8) is 0 Å². The van der Waals surface area contributed by atoms with Gasteiger partial charge in [-0.05, 0) is 162 Å². The van der Waals surface area contributed by atoms with Gasteiger partial charge in [-0.15, -0.1) is 0 Å². The molecule has 1 fully saturated rings. The van der Waals surface area contributed by atoms with Crippen LogP contribution in [0.3, 0.4) is 0 Å². The Hall–Kier alpha value is -9.06. The largest absolute Gasteiger partial charge is 0.493 e. The zero-order valence-corrected chi connectivity index (χ0v) is 46.0. The normalized spacial score (nSPS) is 17.6. The van der Waals surface area contributed by atoms with E-state index in [9.17, 15) is 39.0 Å². The lowest BCUT2D eigenvalue weighted by Crippen LogP contribution is -2.86. The Labute approximate surface area is 465 Å². The number of carbonyl (C=O) groups is 6. The van der Waals surface area contributed by atoms with E-state index < -0.39 is 70.1 Å². The van der Waals surface area contributed by atoms with Gasteiger partial charge in [0.05, 0.1) is 39.3 Å². The highest BCUT2D eigenvalue weighted by atomic mass is 16.6. The molecule has 4 atom stereocenters. The molecule has 80 heavy (non-hydrogen) atoms. The average molecular weight is 1090 g/mol. The summed E-state index contributed by atoms with van der Waals surface area (Å²) in [7, 11) is 2.79. The summed E-state index contributed by atoms with van der Waals surface area (Å²) in [4.78, 5) is 84.5. The van der Waals surface area contributed by atoms with E-state index in [4.69, 9.17) is 28.4 Å². The predicted octanol–water partition coefficient (Wildman–Crippen LogP) is 10.8. The molecule has 18 nitrogen and oxygen atoms in total. The predicted molar refractivity (Wildman–Crippen MR) is 300 cm³/mol. The molecule has 1 aliphatic rings. The number of hydrogen-bond donors (Lipinski definition) is 6. The monoisotopic (exact) mass is 1090 g/mol. The zero-order valence-electron chi connectivity index (χ0n) is 46.0. The summed E-state index contributed by atoms with van der Waals surface area (Å²) < 4.78 is 34.8. The van der Waals surface area contributed by atoms with Crippen molar-refractivity contribution in [1.82, 2.24) is 10.6 Å². The van der Waals surface area contributed by atoms with Gasteiger partial charge in [-0.2, -0.15) is 0 Å². The van der Waals surface area contributed by atoms with E-state index in [1.54, 1.807) is 41.5 Å². The molecule has 6 aromatic carbocycles. The number of carbonyl (C=O) groups excluding carboxylic acids is 4. The van der Waals surface area contributed by atoms with Gasteiger partial charge in [0.25, 0.3) is 11.8 Å². The van der Waals surface area contributed by atoms with Crippen LogP contribution in [-0.2, 0) is 31.9 Å². The maximum atomic E-state index is 14.9. The van der Waals surface area contributed by atoms with Crippen molar-refractivity contribution in [3.8, 4) is 23.0 Å². The fraction of sp³-hybridized carbons (Fsp3) is 0.323. The standard InChI is InChI=1S/C62H68N4O14/c1-59(2,3)79-57(73)63-45-29-23-41(24-30-45)53(67)65-61(55(69)70)51(43-28-34-48(49(37-43)76-8)77-35-15-21-39-17-11-9-12-18-39)62(56(71)72,66-54(68)42-25-31-46(32-26-42)64-58(74)80-60(4,5)6)52(61)44-27-33-47(75-7)50(38-44)78-36-16-22-40-19-13-10-14-20-40/h9-14,17-20,23-34,37-38,51-52H,15-16,21-22,35-36H2,1-8H3,(H,63,73)(H,64,74)(H,65,67)(H,66,68)(H,69,70)(H,71,72)/t51?,52?,61-,62+. The number of methoxy groups -OCH3 is 2. The SMILES string of the molecule is COc1cc(C2[C@](NC(=O)c3ccc(NC(=O)OC(C)(C)C)cc3)(C(=O)O)C(c3ccc(OC)c(OCCCc4ccccc4)c3)[C@]2(NC(=O)c2ccc(NC(=O)OC(C)(C)C)cc2)C(=O)O)ccc1OCCCc1ccccc1. The molecule has 4 amide bonds. The number of nitrogens with one attached hydrogen (secondary N) is 4. The third kappa shape index (κ3) is 14.0. The Morgan fingerprint density at radius 3 is 1.23 bits per heavy atom. The number of amides is 4. The first kappa shape index (κ1) is 58.6. The molecule has 18 heteroatoms. The third-order valence-electron chi connectivity index (χ3n) is 13.2. The second-order valence-electron chi connectivity index (χ2n) is 21.2. The number of anilines is 2. The summed E-state index contributed by atoms with van der Waals surface area (Å²) in [6.07, 6.45) is 1.05. The highest BCUT2D eigenvalue weighted by Crippen LogP contribution is 2.64. The summed E-state index contributed by atoms with van der Waals surface area (Å²) in [5, 5.41) is 34.6. The van der Waals surface area contributed by atoms with Gasteiger partial charge in [0.2, 0.25) is 0 Å². The van der Waals surface area contributed by atoms with Crippen molar-refractivity contribution < 1.29 is 67.4 Å². The smallest absolute Gasteiger partial charge is 0.412 e. The van der Waals surface area contributed by atoms with Gasteiger partial charge in [0.1, 0.15) is 11.2 Å². The topological polar surface area (TPSA) is 246 Å². The highest BCUT2D eigenvalue weighted by Gasteiger charge is 2.80. The number of carboxylic acids is 2. The van der Waals surface area contributed by atoms with E-state index in [0.717, 1.165) is 11.1 Å². The summed E-state index contributed by atoms with van der Waals surface area (Å²) >= 11 is 0. The molecular formula is C62H68N4O14. The van der Waals surface area contributed by atoms with Crippen molar-refractivity contribution >= 4 is 47.3 Å². The second kappa shape index (κ2) is 25.2. The summed E-state index contributed by atoms with van der Waals surface area (Å²) in [6, 6.07) is 39.6. The van der Waals surface area contributed by atoms with Gasteiger partial charge in [-0.25, -0.2) is 19.2 Å². The van der Waals surface area contributed by atoms with Crippen LogP contribution in [0.25, 0.3) is 0 Å². The Morgan fingerprint density at radius 1 is 0.475 bits per heavy atom. The number of aliphatic carboxylic acids is 2. The summed E-state index contributed by atoms with van der Waals surface area (Å²) in [6.45, 7) is 10.6. The fourth-order valence-electron chi connectivity index (χ4n) is 9.84. The molecule has 0 heterocycles. The van der Waals surface area contributed by atoms with Crippen molar-refractivity contribution in [1.29, 1.82) is 0 Å². The Balaban J connectivity index is 1.36. The van der Waals surface area contributed by atoms with Crippen LogP contribution in [0.15, 0.2) is 146 Å². The molecule has 1 saturated carbocycles. The van der Waals surface area contributed by atoms with Gasteiger partial charge in [0, 0.05) is 22.5 Å². The molecule has 0 radical (unpaired) electrons. The zero-order chi connectivity index (χ0) is 57.8. The third-order valence-corrected chi connectivity index (χ3v) is 13.2. The van der Waals surface area contributed by atoms with E-state index in [1.807, 2.05) is 60.7 Å². The highest BCUT2D eigenvalue weighted by molar-refractivity contribution is 6.06. The Morgan fingerprint density at radius 2 is 0.850 bits per heavy atom. The molecule has 420 valence electrons. The quantitative estimate of drug-likeness (QED) is 0.0346. The van der Waals surface area contributed by atoms with Crippen LogP contribution >= 0.6 is 0 Å². The van der Waals surface area contributed by atoms with Gasteiger partial charge in [0.15, 0.2) is 34.1 Å².